The van der Waals surface area contributed by atoms with E-state index in [0.29, 0.717) is 0 Å². The Hall–Kier alpha value is -4.43. The molecule has 3 aromatic carbocycles. The number of ether oxygens (including phenoxy) is 5. The van der Waals surface area contributed by atoms with E-state index in [9.17, 15) is 14.4 Å². The highest BCUT2D eigenvalue weighted by molar-refractivity contribution is 5.91. The van der Waals surface area contributed by atoms with Crippen LogP contribution >= 0.6 is 0 Å². The first kappa shape index (κ1) is 24.7. The van der Waals surface area contributed by atoms with Gasteiger partial charge in [-0.1, -0.05) is 61.2 Å². The molecule has 184 valence electrons. The van der Waals surface area contributed by atoms with Crippen molar-refractivity contribution in [1.29, 1.82) is 0 Å². The van der Waals surface area contributed by atoms with Gasteiger partial charge in [-0.15, -0.1) is 0 Å². The lowest BCUT2D eigenvalue weighted by Gasteiger charge is -2.41. The highest BCUT2D eigenvalue weighted by Crippen LogP contribution is 2.32. The molecule has 1 saturated heterocycles. The summed E-state index contributed by atoms with van der Waals surface area (Å²) in [5.74, 6) is -2.14. The average molecular weight is 488 g/mol. The van der Waals surface area contributed by atoms with E-state index in [1.807, 2.05) is 0 Å². The number of benzene rings is 3. The van der Waals surface area contributed by atoms with Crippen molar-refractivity contribution in [3.05, 3.63) is 120 Å². The fourth-order valence-electron chi connectivity index (χ4n) is 3.65. The smallest absolute Gasteiger partial charge is 0.338 e. The van der Waals surface area contributed by atoms with E-state index < -0.39 is 42.5 Å². The van der Waals surface area contributed by atoms with Crippen LogP contribution in [0.1, 0.15) is 31.1 Å². The Labute approximate surface area is 208 Å². The van der Waals surface area contributed by atoms with Crippen molar-refractivity contribution in [1.82, 2.24) is 0 Å². The SMILES string of the molecule is C=C1O[C@H](OC)[C@H](OC(=O)c2ccccc2)[C@@H](OC(=O)c2ccccc2)[C@@H]1OC(=O)c1ccccc1. The van der Waals surface area contributed by atoms with Crippen LogP contribution in [0.3, 0.4) is 0 Å². The first-order valence-corrected chi connectivity index (χ1v) is 11.1. The number of carbonyl (C=O) groups excluding carboxylic acids is 3. The van der Waals surface area contributed by atoms with E-state index in [4.69, 9.17) is 23.7 Å². The molecule has 1 heterocycles. The zero-order valence-corrected chi connectivity index (χ0v) is 19.4. The Morgan fingerprint density at radius 1 is 0.639 bits per heavy atom. The first-order chi connectivity index (χ1) is 17.5. The van der Waals surface area contributed by atoms with Gasteiger partial charge in [0, 0.05) is 7.11 Å². The second-order valence-electron chi connectivity index (χ2n) is 7.85. The third-order valence-electron chi connectivity index (χ3n) is 5.46. The maximum absolute atomic E-state index is 13.0. The van der Waals surface area contributed by atoms with Crippen molar-refractivity contribution < 1.29 is 38.1 Å². The molecule has 0 aromatic heterocycles. The number of carbonyl (C=O) groups is 3. The van der Waals surface area contributed by atoms with Crippen LogP contribution < -0.4 is 0 Å². The standard InChI is InChI=1S/C28H24O8/c1-18-22(34-25(29)19-12-6-3-7-13-19)23(35-26(30)20-14-8-4-9-15-20)24(28(32-2)33-18)36-27(31)21-16-10-5-11-17-21/h3-17,22-24,28H,1H2,2H3/t22-,23+,24-,28+/m1/s1. The average Bonchev–Trinajstić information content (AvgIpc) is 2.93. The van der Waals surface area contributed by atoms with Crippen LogP contribution in [0.2, 0.25) is 0 Å². The van der Waals surface area contributed by atoms with Crippen LogP contribution in [0.25, 0.3) is 0 Å². The number of hydrogen-bond donors (Lipinski definition) is 0. The molecule has 0 aliphatic carbocycles. The molecule has 0 saturated carbocycles. The lowest BCUT2D eigenvalue weighted by molar-refractivity contribution is -0.234. The number of esters is 3. The molecule has 1 aliphatic rings. The third kappa shape index (κ3) is 5.61. The van der Waals surface area contributed by atoms with Gasteiger partial charge >= 0.3 is 17.9 Å². The minimum absolute atomic E-state index is 0.0241. The molecule has 36 heavy (non-hydrogen) atoms. The van der Waals surface area contributed by atoms with Crippen LogP contribution in [0.15, 0.2) is 103 Å². The summed E-state index contributed by atoms with van der Waals surface area (Å²) >= 11 is 0. The van der Waals surface area contributed by atoms with Crippen LogP contribution in [-0.2, 0) is 23.7 Å². The van der Waals surface area contributed by atoms with Crippen molar-refractivity contribution in [3.8, 4) is 0 Å². The fraction of sp³-hybridized carbons (Fsp3) is 0.179. The molecule has 0 radical (unpaired) electrons. The first-order valence-electron chi connectivity index (χ1n) is 11.1. The molecule has 0 N–H and O–H groups in total. The third-order valence-corrected chi connectivity index (χ3v) is 5.46. The van der Waals surface area contributed by atoms with Gasteiger partial charge in [-0.2, -0.15) is 0 Å². The van der Waals surface area contributed by atoms with E-state index in [1.54, 1.807) is 91.0 Å². The second kappa shape index (κ2) is 11.3. The number of rotatable bonds is 7. The monoisotopic (exact) mass is 488 g/mol. The molecular formula is C28H24O8. The molecule has 8 nitrogen and oxygen atoms in total. The number of hydrogen-bond acceptors (Lipinski definition) is 8. The summed E-state index contributed by atoms with van der Waals surface area (Å²) in [5.41, 5.74) is 0.790. The summed E-state index contributed by atoms with van der Waals surface area (Å²) in [6, 6.07) is 24.8. The van der Waals surface area contributed by atoms with Gasteiger partial charge in [0.15, 0.2) is 12.2 Å². The van der Waals surface area contributed by atoms with Gasteiger partial charge in [0.1, 0.15) is 5.76 Å². The fourth-order valence-corrected chi connectivity index (χ4v) is 3.65. The Balaban J connectivity index is 1.66. The molecule has 3 aromatic rings. The normalized spacial score (nSPS) is 21.1. The minimum Gasteiger partial charge on any atom is -0.462 e. The van der Waals surface area contributed by atoms with Gasteiger partial charge in [0.25, 0.3) is 0 Å². The van der Waals surface area contributed by atoms with Gasteiger partial charge in [0.05, 0.1) is 16.7 Å². The van der Waals surface area contributed by atoms with E-state index >= 15 is 0 Å². The van der Waals surface area contributed by atoms with E-state index in [0.717, 1.165) is 0 Å². The Kier molecular flexibility index (Phi) is 7.77. The molecule has 0 unspecified atom stereocenters. The molecule has 4 rings (SSSR count). The maximum Gasteiger partial charge on any atom is 0.338 e. The second-order valence-corrected chi connectivity index (χ2v) is 7.85. The van der Waals surface area contributed by atoms with Gasteiger partial charge in [-0.05, 0) is 36.4 Å². The zero-order valence-electron chi connectivity index (χ0n) is 19.4. The predicted octanol–water partition coefficient (Wildman–Crippen LogP) is 4.18. The van der Waals surface area contributed by atoms with E-state index in [2.05, 4.69) is 6.58 Å². The van der Waals surface area contributed by atoms with Gasteiger partial charge < -0.3 is 23.7 Å². The van der Waals surface area contributed by atoms with Crippen molar-refractivity contribution in [2.45, 2.75) is 24.6 Å². The van der Waals surface area contributed by atoms with Crippen LogP contribution in [-0.4, -0.2) is 49.6 Å². The minimum atomic E-state index is -1.32. The quantitative estimate of drug-likeness (QED) is 0.361. The lowest BCUT2D eigenvalue weighted by atomic mass is 10.0. The van der Waals surface area contributed by atoms with Gasteiger partial charge in [0.2, 0.25) is 12.4 Å². The van der Waals surface area contributed by atoms with Gasteiger partial charge in [-0.25, -0.2) is 14.4 Å². The Morgan fingerprint density at radius 2 is 1.03 bits per heavy atom. The van der Waals surface area contributed by atoms with Crippen molar-refractivity contribution in [2.24, 2.45) is 0 Å². The molecule has 1 aliphatic heterocycles. The van der Waals surface area contributed by atoms with Crippen molar-refractivity contribution in [3.63, 3.8) is 0 Å². The van der Waals surface area contributed by atoms with E-state index in [-0.39, 0.29) is 22.4 Å². The molecule has 0 amide bonds. The van der Waals surface area contributed by atoms with Crippen molar-refractivity contribution >= 4 is 17.9 Å². The van der Waals surface area contributed by atoms with Crippen molar-refractivity contribution in [2.75, 3.05) is 7.11 Å². The van der Waals surface area contributed by atoms with Crippen LogP contribution in [0.4, 0.5) is 0 Å². The summed E-state index contributed by atoms with van der Waals surface area (Å²) in [4.78, 5) is 38.8. The molecular weight excluding hydrogens is 464 g/mol. The number of methoxy groups -OCH3 is 1. The highest BCUT2D eigenvalue weighted by Gasteiger charge is 2.50. The largest absolute Gasteiger partial charge is 0.462 e. The predicted molar refractivity (Wildman–Crippen MR) is 128 cm³/mol. The molecule has 0 bridgehead atoms. The molecule has 0 spiro atoms. The molecule has 8 heteroatoms. The summed E-state index contributed by atoms with van der Waals surface area (Å²) < 4.78 is 28.2. The van der Waals surface area contributed by atoms with Crippen LogP contribution in [0, 0.1) is 0 Å². The highest BCUT2D eigenvalue weighted by atomic mass is 16.7. The zero-order chi connectivity index (χ0) is 25.5. The molecule has 4 atom stereocenters. The van der Waals surface area contributed by atoms with Gasteiger partial charge in [-0.3, -0.25) is 0 Å². The summed E-state index contributed by atoms with van der Waals surface area (Å²) in [6.45, 7) is 3.83. The molecule has 1 fully saturated rings. The van der Waals surface area contributed by atoms with E-state index in [1.165, 1.54) is 7.11 Å². The topological polar surface area (TPSA) is 97.4 Å². The summed E-state index contributed by atoms with van der Waals surface area (Å²) in [5, 5.41) is 0. The lowest BCUT2D eigenvalue weighted by Crippen LogP contribution is -2.57. The summed E-state index contributed by atoms with van der Waals surface area (Å²) in [7, 11) is 1.34. The Morgan fingerprint density at radius 3 is 1.44 bits per heavy atom. The van der Waals surface area contributed by atoms with Crippen LogP contribution in [0.5, 0.6) is 0 Å². The maximum atomic E-state index is 13.0. The Bertz CT molecular complexity index is 1210. The summed E-state index contributed by atoms with van der Waals surface area (Å²) in [6.07, 6.45) is -5.06.